The zero-order valence-electron chi connectivity index (χ0n) is 9.66. The highest BCUT2D eigenvalue weighted by Crippen LogP contribution is 2.20. The van der Waals surface area contributed by atoms with Gasteiger partial charge in [0.05, 0.1) is 12.1 Å². The van der Waals surface area contributed by atoms with Crippen LogP contribution in [0.5, 0.6) is 0 Å². The summed E-state index contributed by atoms with van der Waals surface area (Å²) in [6.07, 6.45) is 3.54. The predicted molar refractivity (Wildman–Crippen MR) is 58.8 cm³/mol. The lowest BCUT2D eigenvalue weighted by atomic mass is 9.96. The van der Waals surface area contributed by atoms with E-state index in [1.165, 1.54) is 12.8 Å². The fraction of sp³-hybridized carbons (Fsp3) is 0.917. The molecule has 0 saturated carbocycles. The monoisotopic (exact) mass is 194 g/mol. The van der Waals surface area contributed by atoms with E-state index in [-0.39, 0.29) is 6.04 Å². The second-order valence-electron chi connectivity index (χ2n) is 4.99. The highest BCUT2D eigenvalue weighted by atomic mass is 15.2. The average Bonchev–Trinajstić information content (AvgIpc) is 2.15. The van der Waals surface area contributed by atoms with Gasteiger partial charge in [-0.1, -0.05) is 20.8 Å². The highest BCUT2D eigenvalue weighted by molar-refractivity contribution is 4.93. The van der Waals surface area contributed by atoms with E-state index in [1.54, 1.807) is 0 Å². The minimum atomic E-state index is 0.155. The van der Waals surface area contributed by atoms with Crippen LogP contribution in [0.1, 0.15) is 40.0 Å². The fourth-order valence-electron chi connectivity index (χ4n) is 2.07. The number of rotatable bonds is 3. The third-order valence-corrected chi connectivity index (χ3v) is 3.10. The first-order chi connectivity index (χ1) is 6.63. The van der Waals surface area contributed by atoms with Gasteiger partial charge in [-0.25, -0.2) is 0 Å². The minimum absolute atomic E-state index is 0.155. The summed E-state index contributed by atoms with van der Waals surface area (Å²) in [5.74, 6) is 1.48. The van der Waals surface area contributed by atoms with Crippen molar-refractivity contribution in [2.24, 2.45) is 11.8 Å². The van der Waals surface area contributed by atoms with Crippen molar-refractivity contribution in [1.82, 2.24) is 4.90 Å². The molecule has 1 fully saturated rings. The van der Waals surface area contributed by atoms with Crippen LogP contribution in [0.15, 0.2) is 0 Å². The van der Waals surface area contributed by atoms with Gasteiger partial charge in [0.15, 0.2) is 0 Å². The maximum absolute atomic E-state index is 9.10. The lowest BCUT2D eigenvalue weighted by Crippen LogP contribution is -2.40. The number of nitrogens with zero attached hydrogens (tertiary/aromatic N) is 2. The summed E-state index contributed by atoms with van der Waals surface area (Å²) in [7, 11) is 0. The summed E-state index contributed by atoms with van der Waals surface area (Å²) in [6, 6.07) is 2.60. The second kappa shape index (κ2) is 5.36. The molecule has 0 amide bonds. The maximum Gasteiger partial charge on any atom is 0.0980 e. The molecule has 1 saturated heterocycles. The van der Waals surface area contributed by atoms with Crippen molar-refractivity contribution in [2.75, 3.05) is 13.1 Å². The maximum atomic E-state index is 9.10. The Kier molecular flexibility index (Phi) is 4.41. The van der Waals surface area contributed by atoms with Gasteiger partial charge in [-0.2, -0.15) is 5.26 Å². The molecule has 0 aromatic carbocycles. The van der Waals surface area contributed by atoms with Gasteiger partial charge in [0.25, 0.3) is 0 Å². The lowest BCUT2D eigenvalue weighted by Gasteiger charge is -2.34. The smallest absolute Gasteiger partial charge is 0.0980 e. The Bertz CT molecular complexity index is 197. The Balaban J connectivity index is 2.42. The number of piperidine rings is 1. The van der Waals surface area contributed by atoms with Gasteiger partial charge < -0.3 is 0 Å². The molecule has 0 aromatic rings. The lowest BCUT2D eigenvalue weighted by molar-refractivity contribution is 0.151. The average molecular weight is 194 g/mol. The van der Waals surface area contributed by atoms with Crippen LogP contribution >= 0.6 is 0 Å². The van der Waals surface area contributed by atoms with Crippen LogP contribution in [0.2, 0.25) is 0 Å². The third kappa shape index (κ3) is 3.31. The van der Waals surface area contributed by atoms with Gasteiger partial charge >= 0.3 is 0 Å². The van der Waals surface area contributed by atoms with E-state index in [1.807, 2.05) is 0 Å². The minimum Gasteiger partial charge on any atom is -0.288 e. The predicted octanol–water partition coefficient (Wildman–Crippen LogP) is 2.66. The SMILES string of the molecule is CC(C)CC(C#N)N1CCC(C)CC1. The Hall–Kier alpha value is -0.550. The molecule has 2 nitrogen and oxygen atoms in total. The Morgan fingerprint density at radius 3 is 2.36 bits per heavy atom. The molecule has 1 aliphatic rings. The highest BCUT2D eigenvalue weighted by Gasteiger charge is 2.23. The molecule has 0 radical (unpaired) electrons. The third-order valence-electron chi connectivity index (χ3n) is 3.10. The zero-order chi connectivity index (χ0) is 10.6. The normalized spacial score (nSPS) is 22.2. The largest absolute Gasteiger partial charge is 0.288 e. The van der Waals surface area contributed by atoms with Crippen molar-refractivity contribution >= 4 is 0 Å². The van der Waals surface area contributed by atoms with E-state index < -0.39 is 0 Å². The first kappa shape index (κ1) is 11.5. The van der Waals surface area contributed by atoms with Crippen LogP contribution in [0, 0.1) is 23.2 Å². The summed E-state index contributed by atoms with van der Waals surface area (Å²) >= 11 is 0. The molecule has 0 N–H and O–H groups in total. The van der Waals surface area contributed by atoms with Gasteiger partial charge in [-0.3, -0.25) is 4.90 Å². The van der Waals surface area contributed by atoms with Crippen molar-refractivity contribution in [3.8, 4) is 6.07 Å². The van der Waals surface area contributed by atoms with E-state index in [0.717, 1.165) is 25.4 Å². The van der Waals surface area contributed by atoms with Gasteiger partial charge in [-0.15, -0.1) is 0 Å². The molecule has 0 spiro atoms. The standard InChI is InChI=1S/C12H22N2/c1-10(2)8-12(9-13)14-6-4-11(3)5-7-14/h10-12H,4-8H2,1-3H3. The van der Waals surface area contributed by atoms with Gasteiger partial charge in [0.2, 0.25) is 0 Å². The van der Waals surface area contributed by atoms with Crippen molar-refractivity contribution in [3.63, 3.8) is 0 Å². The molecule has 1 heterocycles. The molecule has 1 aliphatic heterocycles. The second-order valence-corrected chi connectivity index (χ2v) is 4.99. The van der Waals surface area contributed by atoms with Crippen LogP contribution in [0.3, 0.4) is 0 Å². The van der Waals surface area contributed by atoms with Gasteiger partial charge in [0, 0.05) is 0 Å². The molecular weight excluding hydrogens is 172 g/mol. The van der Waals surface area contributed by atoms with Crippen molar-refractivity contribution in [2.45, 2.75) is 46.1 Å². The van der Waals surface area contributed by atoms with Crippen molar-refractivity contribution < 1.29 is 0 Å². The van der Waals surface area contributed by atoms with Gasteiger partial charge in [-0.05, 0) is 44.2 Å². The van der Waals surface area contributed by atoms with Crippen LogP contribution < -0.4 is 0 Å². The van der Waals surface area contributed by atoms with E-state index in [0.29, 0.717) is 5.92 Å². The summed E-state index contributed by atoms with van der Waals surface area (Å²) in [5, 5.41) is 9.10. The van der Waals surface area contributed by atoms with Crippen LogP contribution in [0.4, 0.5) is 0 Å². The van der Waals surface area contributed by atoms with E-state index in [4.69, 9.17) is 5.26 Å². The Morgan fingerprint density at radius 1 is 1.36 bits per heavy atom. The Morgan fingerprint density at radius 2 is 1.93 bits per heavy atom. The summed E-state index contributed by atoms with van der Waals surface area (Å²) in [5.41, 5.74) is 0. The number of likely N-dealkylation sites (tertiary alicyclic amines) is 1. The number of hydrogen-bond donors (Lipinski definition) is 0. The molecule has 80 valence electrons. The topological polar surface area (TPSA) is 27.0 Å². The summed E-state index contributed by atoms with van der Waals surface area (Å²) in [4.78, 5) is 2.36. The summed E-state index contributed by atoms with van der Waals surface area (Å²) in [6.45, 7) is 8.92. The molecule has 2 heteroatoms. The van der Waals surface area contributed by atoms with Crippen LogP contribution in [0.25, 0.3) is 0 Å². The molecule has 14 heavy (non-hydrogen) atoms. The number of hydrogen-bond acceptors (Lipinski definition) is 2. The van der Waals surface area contributed by atoms with Crippen LogP contribution in [-0.4, -0.2) is 24.0 Å². The molecule has 0 aliphatic carbocycles. The summed E-state index contributed by atoms with van der Waals surface area (Å²) < 4.78 is 0. The van der Waals surface area contributed by atoms with Gasteiger partial charge in [0.1, 0.15) is 0 Å². The van der Waals surface area contributed by atoms with Crippen molar-refractivity contribution in [1.29, 1.82) is 5.26 Å². The van der Waals surface area contributed by atoms with Crippen molar-refractivity contribution in [3.05, 3.63) is 0 Å². The first-order valence-electron chi connectivity index (χ1n) is 5.77. The van der Waals surface area contributed by atoms with E-state index in [2.05, 4.69) is 31.7 Å². The fourth-order valence-corrected chi connectivity index (χ4v) is 2.07. The zero-order valence-corrected chi connectivity index (χ0v) is 9.66. The first-order valence-corrected chi connectivity index (χ1v) is 5.77. The molecule has 0 bridgehead atoms. The number of nitriles is 1. The molecule has 1 unspecified atom stereocenters. The molecule has 0 aromatic heterocycles. The molecule has 1 atom stereocenters. The van der Waals surface area contributed by atoms with Crippen LogP contribution in [-0.2, 0) is 0 Å². The van der Waals surface area contributed by atoms with E-state index >= 15 is 0 Å². The quantitative estimate of drug-likeness (QED) is 0.690. The molecule has 1 rings (SSSR count). The molecular formula is C12H22N2. The Labute approximate surface area is 87.9 Å². The van der Waals surface area contributed by atoms with E-state index in [9.17, 15) is 0 Å².